The maximum absolute atomic E-state index is 12.4. The van der Waals surface area contributed by atoms with Crippen molar-refractivity contribution in [3.63, 3.8) is 0 Å². The molecule has 124 valence electrons. The molecule has 1 amide bonds. The predicted molar refractivity (Wildman–Crippen MR) is 87.5 cm³/mol. The van der Waals surface area contributed by atoms with E-state index in [1.54, 1.807) is 11.8 Å². The number of carboxylic acids is 1. The first-order chi connectivity index (χ1) is 11.1. The van der Waals surface area contributed by atoms with Gasteiger partial charge < -0.3 is 15.2 Å². The molecule has 1 aromatic rings. The average Bonchev–Trinajstić information content (AvgIpc) is 2.99. The number of hydrogen-bond donors (Lipinski definition) is 2. The van der Waals surface area contributed by atoms with Gasteiger partial charge in [-0.05, 0) is 36.8 Å². The van der Waals surface area contributed by atoms with E-state index in [1.807, 2.05) is 24.3 Å². The Hall–Kier alpha value is -1.53. The maximum atomic E-state index is 12.4. The highest BCUT2D eigenvalue weighted by molar-refractivity contribution is 8.01. The second-order valence-corrected chi connectivity index (χ2v) is 7.30. The number of hydrogen-bond acceptors (Lipinski definition) is 4. The van der Waals surface area contributed by atoms with Crippen molar-refractivity contribution in [1.29, 1.82) is 0 Å². The van der Waals surface area contributed by atoms with E-state index in [9.17, 15) is 14.7 Å². The largest absolute Gasteiger partial charge is 0.481 e. The zero-order valence-corrected chi connectivity index (χ0v) is 13.7. The number of carbonyl (C=O) groups excluding carboxylic acids is 1. The SMILES string of the molecule is O=C(NCC(C(=O)O)C1CCOCC1)C1Cc2ccccc2S1. The normalized spacial score (nSPS) is 22.3. The van der Waals surface area contributed by atoms with E-state index in [2.05, 4.69) is 5.32 Å². The molecule has 0 aliphatic carbocycles. The highest BCUT2D eigenvalue weighted by atomic mass is 32.2. The van der Waals surface area contributed by atoms with E-state index in [-0.39, 0.29) is 23.6 Å². The van der Waals surface area contributed by atoms with E-state index in [0.717, 1.165) is 17.7 Å². The highest BCUT2D eigenvalue weighted by Gasteiger charge is 2.32. The van der Waals surface area contributed by atoms with Crippen LogP contribution < -0.4 is 5.32 Å². The first-order valence-electron chi connectivity index (χ1n) is 7.98. The summed E-state index contributed by atoms with van der Waals surface area (Å²) >= 11 is 1.56. The second kappa shape index (κ2) is 7.36. The molecule has 6 heteroatoms. The molecule has 2 unspecified atom stereocenters. The van der Waals surface area contributed by atoms with Crippen LogP contribution in [0.4, 0.5) is 0 Å². The Labute approximate surface area is 139 Å². The summed E-state index contributed by atoms with van der Waals surface area (Å²) in [6.45, 7) is 1.42. The average molecular weight is 335 g/mol. The summed E-state index contributed by atoms with van der Waals surface area (Å²) in [5.41, 5.74) is 1.19. The van der Waals surface area contributed by atoms with Crippen molar-refractivity contribution >= 4 is 23.6 Å². The van der Waals surface area contributed by atoms with Crippen LogP contribution in [0.1, 0.15) is 18.4 Å². The molecular weight excluding hydrogens is 314 g/mol. The number of ether oxygens (including phenoxy) is 1. The Morgan fingerprint density at radius 1 is 1.30 bits per heavy atom. The molecule has 5 nitrogen and oxygen atoms in total. The smallest absolute Gasteiger partial charge is 0.308 e. The van der Waals surface area contributed by atoms with Crippen LogP contribution in [0.5, 0.6) is 0 Å². The molecular formula is C17H21NO4S. The quantitative estimate of drug-likeness (QED) is 0.860. The monoisotopic (exact) mass is 335 g/mol. The zero-order chi connectivity index (χ0) is 16.2. The fourth-order valence-electron chi connectivity index (χ4n) is 3.23. The molecule has 2 N–H and O–H groups in total. The van der Waals surface area contributed by atoms with E-state index in [0.29, 0.717) is 19.6 Å². The van der Waals surface area contributed by atoms with E-state index in [4.69, 9.17) is 4.74 Å². The van der Waals surface area contributed by atoms with Crippen LogP contribution in [0.15, 0.2) is 29.2 Å². The van der Waals surface area contributed by atoms with Crippen molar-refractivity contribution in [2.75, 3.05) is 19.8 Å². The molecule has 2 atom stereocenters. The molecule has 0 spiro atoms. The van der Waals surface area contributed by atoms with Gasteiger partial charge in [-0.1, -0.05) is 18.2 Å². The second-order valence-electron chi connectivity index (χ2n) is 6.06. The lowest BCUT2D eigenvalue weighted by atomic mass is 9.86. The third-order valence-corrected chi connectivity index (χ3v) is 5.91. The molecule has 23 heavy (non-hydrogen) atoms. The molecule has 1 saturated heterocycles. The lowest BCUT2D eigenvalue weighted by Crippen LogP contribution is -2.41. The van der Waals surface area contributed by atoms with Crippen LogP contribution in [0.2, 0.25) is 0 Å². The van der Waals surface area contributed by atoms with Crippen molar-refractivity contribution in [2.24, 2.45) is 11.8 Å². The molecule has 0 bridgehead atoms. The molecule has 0 aromatic heterocycles. The molecule has 1 aromatic carbocycles. The van der Waals surface area contributed by atoms with Crippen molar-refractivity contribution in [1.82, 2.24) is 5.32 Å². The minimum Gasteiger partial charge on any atom is -0.481 e. The Balaban J connectivity index is 1.54. The molecule has 2 aliphatic rings. The number of thioether (sulfide) groups is 1. The molecule has 2 heterocycles. The van der Waals surface area contributed by atoms with Gasteiger partial charge in [0.2, 0.25) is 5.91 Å². The number of fused-ring (bicyclic) bond motifs is 1. The molecule has 3 rings (SSSR count). The predicted octanol–water partition coefficient (Wildman–Crippen LogP) is 1.95. The van der Waals surface area contributed by atoms with Crippen LogP contribution in [0, 0.1) is 11.8 Å². The summed E-state index contributed by atoms with van der Waals surface area (Å²) in [7, 11) is 0. The number of aliphatic carboxylic acids is 1. The number of rotatable bonds is 5. The summed E-state index contributed by atoms with van der Waals surface area (Å²) in [5, 5.41) is 12.1. The summed E-state index contributed by atoms with van der Waals surface area (Å²) < 4.78 is 5.29. The van der Waals surface area contributed by atoms with Crippen LogP contribution >= 0.6 is 11.8 Å². The van der Waals surface area contributed by atoms with Crippen LogP contribution in [-0.2, 0) is 20.7 Å². The number of carboxylic acid groups (broad SMARTS) is 1. The Morgan fingerprint density at radius 2 is 2.04 bits per heavy atom. The van der Waals surface area contributed by atoms with Gasteiger partial charge in [-0.3, -0.25) is 9.59 Å². The Kier molecular flexibility index (Phi) is 5.23. The minimum absolute atomic E-state index is 0.0653. The zero-order valence-electron chi connectivity index (χ0n) is 12.9. The first-order valence-corrected chi connectivity index (χ1v) is 8.86. The summed E-state index contributed by atoms with van der Waals surface area (Å²) in [4.78, 5) is 25.0. The van der Waals surface area contributed by atoms with Gasteiger partial charge in [-0.15, -0.1) is 11.8 Å². The minimum atomic E-state index is -0.834. The van der Waals surface area contributed by atoms with Crippen LogP contribution in [0.3, 0.4) is 0 Å². The molecule has 1 fully saturated rings. The lowest BCUT2D eigenvalue weighted by molar-refractivity contribution is -0.144. The van der Waals surface area contributed by atoms with Crippen molar-refractivity contribution in [2.45, 2.75) is 29.4 Å². The lowest BCUT2D eigenvalue weighted by Gasteiger charge is -2.28. The Morgan fingerprint density at radius 3 is 2.74 bits per heavy atom. The third kappa shape index (κ3) is 3.87. The van der Waals surface area contributed by atoms with Crippen LogP contribution in [0.25, 0.3) is 0 Å². The fourth-order valence-corrected chi connectivity index (χ4v) is 4.45. The number of benzene rings is 1. The van der Waals surface area contributed by atoms with E-state index >= 15 is 0 Å². The first kappa shape index (κ1) is 16.3. The van der Waals surface area contributed by atoms with E-state index < -0.39 is 11.9 Å². The summed E-state index contributed by atoms with van der Waals surface area (Å²) in [5.74, 6) is -1.35. The van der Waals surface area contributed by atoms with Gasteiger partial charge in [0.05, 0.1) is 11.2 Å². The number of carbonyl (C=O) groups is 2. The molecule has 2 aliphatic heterocycles. The van der Waals surface area contributed by atoms with Gasteiger partial charge in [0.15, 0.2) is 0 Å². The summed E-state index contributed by atoms with van der Waals surface area (Å²) in [6.07, 6.45) is 2.20. The number of amides is 1. The van der Waals surface area contributed by atoms with Gasteiger partial charge in [0, 0.05) is 24.7 Å². The topological polar surface area (TPSA) is 75.6 Å². The summed E-state index contributed by atoms with van der Waals surface area (Å²) in [6, 6.07) is 8.01. The van der Waals surface area contributed by atoms with Crippen molar-refractivity contribution in [3.8, 4) is 0 Å². The van der Waals surface area contributed by atoms with Gasteiger partial charge in [-0.25, -0.2) is 0 Å². The highest BCUT2D eigenvalue weighted by Crippen LogP contribution is 2.36. The molecule has 0 saturated carbocycles. The van der Waals surface area contributed by atoms with E-state index in [1.165, 1.54) is 5.56 Å². The van der Waals surface area contributed by atoms with Gasteiger partial charge in [-0.2, -0.15) is 0 Å². The van der Waals surface area contributed by atoms with Crippen molar-refractivity contribution in [3.05, 3.63) is 29.8 Å². The Bertz CT molecular complexity index is 561. The standard InChI is InChI=1S/C17H21NO4S/c19-16(15-9-12-3-1-2-4-14(12)23-15)18-10-13(17(20)21)11-5-7-22-8-6-11/h1-4,11,13,15H,5-10H2,(H,18,19)(H,20,21). The van der Waals surface area contributed by atoms with Crippen molar-refractivity contribution < 1.29 is 19.4 Å². The number of nitrogens with one attached hydrogen (secondary N) is 1. The van der Waals surface area contributed by atoms with Crippen LogP contribution in [-0.4, -0.2) is 42.0 Å². The fraction of sp³-hybridized carbons (Fsp3) is 0.529. The molecule has 0 radical (unpaired) electrons. The van der Waals surface area contributed by atoms with Gasteiger partial charge >= 0.3 is 5.97 Å². The van der Waals surface area contributed by atoms with Gasteiger partial charge in [0.25, 0.3) is 0 Å². The van der Waals surface area contributed by atoms with Gasteiger partial charge in [0.1, 0.15) is 0 Å². The maximum Gasteiger partial charge on any atom is 0.308 e. The third-order valence-electron chi connectivity index (χ3n) is 4.59.